The first-order valence-corrected chi connectivity index (χ1v) is 10.1. The molecule has 1 aromatic carbocycles. The molecule has 0 radical (unpaired) electrons. The van der Waals surface area contributed by atoms with Gasteiger partial charge in [0.2, 0.25) is 0 Å². The minimum absolute atomic E-state index is 0.196. The maximum atomic E-state index is 14.1. The molecule has 0 N–H and O–H groups in total. The average molecular weight is 393 g/mol. The lowest BCUT2D eigenvalue weighted by Gasteiger charge is -2.27. The summed E-state index contributed by atoms with van der Waals surface area (Å²) in [7, 11) is 2.07. The molecule has 2 aromatic rings. The van der Waals surface area contributed by atoms with Crippen LogP contribution in [-0.4, -0.2) is 46.0 Å². The van der Waals surface area contributed by atoms with Gasteiger partial charge in [-0.15, -0.1) is 10.2 Å². The zero-order chi connectivity index (χ0) is 18.8. The van der Waals surface area contributed by atoms with Gasteiger partial charge in [-0.25, -0.2) is 4.39 Å². The van der Waals surface area contributed by atoms with Crippen LogP contribution in [0.3, 0.4) is 0 Å². The molecule has 4 rings (SSSR count). The number of aromatic nitrogens is 3. The highest BCUT2D eigenvalue weighted by Gasteiger charge is 2.27. The molecule has 0 spiro atoms. The van der Waals surface area contributed by atoms with Crippen LogP contribution in [0.4, 0.5) is 4.39 Å². The van der Waals surface area contributed by atoms with E-state index in [4.69, 9.17) is 16.3 Å². The number of fused-ring (bicyclic) bond motifs is 1. The predicted octanol–water partition coefficient (Wildman–Crippen LogP) is 3.80. The largest absolute Gasteiger partial charge is 0.381 e. The number of hydrogen-bond acceptors (Lipinski definition) is 4. The zero-order valence-corrected chi connectivity index (χ0v) is 16.5. The Morgan fingerprint density at radius 2 is 2.04 bits per heavy atom. The van der Waals surface area contributed by atoms with Gasteiger partial charge in [0, 0.05) is 55.3 Å². The number of nitrogens with zero attached hydrogens (tertiary/aromatic N) is 4. The third kappa shape index (κ3) is 4.18. The summed E-state index contributed by atoms with van der Waals surface area (Å²) < 4.78 is 21.9. The summed E-state index contributed by atoms with van der Waals surface area (Å²) in [6, 6.07) is 5.14. The van der Waals surface area contributed by atoms with Crippen LogP contribution < -0.4 is 0 Å². The molecule has 0 aliphatic carbocycles. The molecule has 2 aliphatic heterocycles. The van der Waals surface area contributed by atoms with E-state index in [1.165, 1.54) is 6.07 Å². The van der Waals surface area contributed by atoms with Gasteiger partial charge in [0.15, 0.2) is 0 Å². The van der Waals surface area contributed by atoms with E-state index in [1.54, 1.807) is 12.1 Å². The molecule has 146 valence electrons. The summed E-state index contributed by atoms with van der Waals surface area (Å²) in [4.78, 5) is 2.24. The van der Waals surface area contributed by atoms with E-state index in [1.807, 2.05) is 0 Å². The van der Waals surface area contributed by atoms with Crippen LogP contribution in [0.1, 0.15) is 48.8 Å². The molecule has 27 heavy (non-hydrogen) atoms. The van der Waals surface area contributed by atoms with Crippen molar-refractivity contribution in [2.45, 2.75) is 57.2 Å². The summed E-state index contributed by atoms with van der Waals surface area (Å²) in [5.41, 5.74) is 0.650. The topological polar surface area (TPSA) is 43.2 Å². The molecule has 3 heterocycles. The van der Waals surface area contributed by atoms with Crippen LogP contribution in [0.25, 0.3) is 0 Å². The average Bonchev–Trinajstić information content (AvgIpc) is 2.96. The van der Waals surface area contributed by atoms with Crippen molar-refractivity contribution in [3.8, 4) is 0 Å². The normalized spacial score (nSPS) is 21.3. The third-order valence-electron chi connectivity index (χ3n) is 5.88. The van der Waals surface area contributed by atoms with Crippen LogP contribution in [-0.2, 0) is 24.2 Å². The van der Waals surface area contributed by atoms with Gasteiger partial charge in [0.05, 0.1) is 0 Å². The van der Waals surface area contributed by atoms with Gasteiger partial charge in [0.1, 0.15) is 17.5 Å². The van der Waals surface area contributed by atoms with Crippen molar-refractivity contribution in [2.75, 3.05) is 20.3 Å². The van der Waals surface area contributed by atoms with E-state index in [9.17, 15) is 4.39 Å². The van der Waals surface area contributed by atoms with Gasteiger partial charge in [-0.1, -0.05) is 11.6 Å². The first kappa shape index (κ1) is 18.8. The summed E-state index contributed by atoms with van der Waals surface area (Å²) in [6.45, 7) is 3.10. The number of benzene rings is 1. The standard InChI is InChI=1S/C20H26ClFN4O/c1-25(13-15-12-16(21)2-4-18(15)22)17-3-5-19-23-24-20(26(19)9-6-17)14-7-10-27-11-8-14/h2,4,12,14,17H,3,5-11,13H2,1H3. The quantitative estimate of drug-likeness (QED) is 0.793. The summed E-state index contributed by atoms with van der Waals surface area (Å²) in [5.74, 6) is 2.47. The fourth-order valence-corrected chi connectivity index (χ4v) is 4.45. The Morgan fingerprint density at radius 1 is 1.22 bits per heavy atom. The molecule has 0 amide bonds. The minimum atomic E-state index is -0.196. The molecule has 5 nitrogen and oxygen atoms in total. The Morgan fingerprint density at radius 3 is 2.85 bits per heavy atom. The summed E-state index contributed by atoms with van der Waals surface area (Å²) >= 11 is 6.04. The monoisotopic (exact) mass is 392 g/mol. The Hall–Kier alpha value is -1.50. The fourth-order valence-electron chi connectivity index (χ4n) is 4.26. The van der Waals surface area contributed by atoms with Gasteiger partial charge in [-0.05, 0) is 50.9 Å². The molecule has 1 fully saturated rings. The molecule has 0 bridgehead atoms. The highest BCUT2D eigenvalue weighted by molar-refractivity contribution is 6.30. The molecule has 1 aromatic heterocycles. The van der Waals surface area contributed by atoms with Crippen LogP contribution in [0.5, 0.6) is 0 Å². The second-order valence-electron chi connectivity index (χ2n) is 7.64. The SMILES string of the molecule is CN(Cc1cc(Cl)ccc1F)C1CCc2nnc(C3CCOCC3)n2CC1. The Kier molecular flexibility index (Phi) is 5.76. The van der Waals surface area contributed by atoms with E-state index < -0.39 is 0 Å². The third-order valence-corrected chi connectivity index (χ3v) is 6.12. The van der Waals surface area contributed by atoms with Gasteiger partial charge in [0.25, 0.3) is 0 Å². The van der Waals surface area contributed by atoms with Crippen LogP contribution in [0, 0.1) is 5.82 Å². The Balaban J connectivity index is 1.43. The summed E-state index contributed by atoms with van der Waals surface area (Å²) in [5, 5.41) is 9.55. The molecule has 1 saturated heterocycles. The van der Waals surface area contributed by atoms with Crippen molar-refractivity contribution in [1.29, 1.82) is 0 Å². The smallest absolute Gasteiger partial charge is 0.136 e. The maximum absolute atomic E-state index is 14.1. The van der Waals surface area contributed by atoms with E-state index in [0.717, 1.165) is 63.5 Å². The van der Waals surface area contributed by atoms with Crippen molar-refractivity contribution in [3.63, 3.8) is 0 Å². The van der Waals surface area contributed by atoms with Gasteiger partial charge in [-0.3, -0.25) is 4.90 Å². The first-order valence-electron chi connectivity index (χ1n) is 9.75. The lowest BCUT2D eigenvalue weighted by molar-refractivity contribution is 0.0826. The second-order valence-corrected chi connectivity index (χ2v) is 8.08. The predicted molar refractivity (Wildman–Crippen MR) is 102 cm³/mol. The van der Waals surface area contributed by atoms with Gasteiger partial charge < -0.3 is 9.30 Å². The maximum Gasteiger partial charge on any atom is 0.136 e. The zero-order valence-electron chi connectivity index (χ0n) is 15.7. The number of rotatable bonds is 4. The molecular weight excluding hydrogens is 367 g/mol. The highest BCUT2D eigenvalue weighted by atomic mass is 35.5. The van der Waals surface area contributed by atoms with Gasteiger partial charge in [-0.2, -0.15) is 0 Å². The highest BCUT2D eigenvalue weighted by Crippen LogP contribution is 2.29. The fraction of sp³-hybridized carbons (Fsp3) is 0.600. The van der Waals surface area contributed by atoms with Crippen LogP contribution in [0.2, 0.25) is 5.02 Å². The second kappa shape index (κ2) is 8.25. The molecule has 0 saturated carbocycles. The lowest BCUT2D eigenvalue weighted by atomic mass is 9.99. The number of ether oxygens (including phenoxy) is 1. The molecule has 1 atom stereocenters. The van der Waals surface area contributed by atoms with Crippen molar-refractivity contribution in [3.05, 3.63) is 46.3 Å². The van der Waals surface area contributed by atoms with Crippen molar-refractivity contribution in [1.82, 2.24) is 19.7 Å². The summed E-state index contributed by atoms with van der Waals surface area (Å²) in [6.07, 6.45) is 4.97. The molecule has 7 heteroatoms. The minimum Gasteiger partial charge on any atom is -0.381 e. The molecule has 2 aliphatic rings. The lowest BCUT2D eigenvalue weighted by Crippen LogP contribution is -2.32. The number of halogens is 2. The Bertz CT molecular complexity index is 790. The van der Waals surface area contributed by atoms with Crippen molar-refractivity contribution in [2.24, 2.45) is 0 Å². The first-order chi connectivity index (χ1) is 13.1. The molecular formula is C20H26ClFN4O. The molecule has 1 unspecified atom stereocenters. The van der Waals surface area contributed by atoms with E-state index in [-0.39, 0.29) is 5.82 Å². The Labute approximate surface area is 164 Å². The van der Waals surface area contributed by atoms with Crippen LogP contribution in [0.15, 0.2) is 18.2 Å². The van der Waals surface area contributed by atoms with Crippen molar-refractivity contribution >= 4 is 11.6 Å². The number of aryl methyl sites for hydroxylation is 1. The van der Waals surface area contributed by atoms with Crippen molar-refractivity contribution < 1.29 is 9.13 Å². The van der Waals surface area contributed by atoms with Crippen LogP contribution >= 0.6 is 11.6 Å². The number of hydrogen-bond donors (Lipinski definition) is 0. The van der Waals surface area contributed by atoms with E-state index in [0.29, 0.717) is 29.1 Å². The van der Waals surface area contributed by atoms with E-state index >= 15 is 0 Å². The van der Waals surface area contributed by atoms with Gasteiger partial charge >= 0.3 is 0 Å². The van der Waals surface area contributed by atoms with E-state index in [2.05, 4.69) is 26.7 Å².